The van der Waals surface area contributed by atoms with E-state index in [1.54, 1.807) is 25.2 Å². The number of hydrogen-bond acceptors (Lipinski definition) is 4. The van der Waals surface area contributed by atoms with Crippen molar-refractivity contribution in [1.82, 2.24) is 15.1 Å². The van der Waals surface area contributed by atoms with Gasteiger partial charge in [0.2, 0.25) is 0 Å². The van der Waals surface area contributed by atoms with Gasteiger partial charge < -0.3 is 10.1 Å². The molecule has 156 valence electrons. The number of nitrogens with zero attached hydrogens (tertiary/aromatic N) is 2. The number of rotatable bonds is 6. The maximum absolute atomic E-state index is 12.3. The lowest BCUT2D eigenvalue weighted by Gasteiger charge is -2.15. The molecule has 1 N–H and O–H groups in total. The Labute approximate surface area is 180 Å². The van der Waals surface area contributed by atoms with Gasteiger partial charge >= 0.3 is 0 Å². The van der Waals surface area contributed by atoms with Crippen LogP contribution < -0.4 is 15.6 Å². The van der Waals surface area contributed by atoms with Crippen LogP contribution in [0.1, 0.15) is 18.5 Å². The van der Waals surface area contributed by atoms with Crippen molar-refractivity contribution in [3.63, 3.8) is 0 Å². The third kappa shape index (κ3) is 4.48. The minimum atomic E-state index is -0.189. The first kappa shape index (κ1) is 20.3. The molecule has 0 spiro atoms. The highest BCUT2D eigenvalue weighted by Crippen LogP contribution is 2.26. The van der Waals surface area contributed by atoms with Crippen LogP contribution in [0.2, 0.25) is 0 Å². The SMILES string of the molecule is C[C@H](NC(=O)COc1ccc(-c2nn(C)c(=O)c3ccccc23)cc1)c1ccccc1. The Hall–Kier alpha value is -3.93. The van der Waals surface area contributed by atoms with Gasteiger partial charge in [-0.05, 0) is 42.8 Å². The summed E-state index contributed by atoms with van der Waals surface area (Å²) < 4.78 is 6.99. The van der Waals surface area contributed by atoms with E-state index < -0.39 is 0 Å². The van der Waals surface area contributed by atoms with Crippen molar-refractivity contribution in [3.8, 4) is 17.0 Å². The highest BCUT2D eigenvalue weighted by molar-refractivity contribution is 5.93. The minimum absolute atomic E-state index is 0.0719. The van der Waals surface area contributed by atoms with Crippen LogP contribution >= 0.6 is 0 Å². The van der Waals surface area contributed by atoms with Gasteiger partial charge in [0.25, 0.3) is 11.5 Å². The van der Waals surface area contributed by atoms with Crippen LogP contribution in [-0.2, 0) is 11.8 Å². The molecule has 0 aliphatic carbocycles. The molecular formula is C25H23N3O3. The number of amides is 1. The number of hydrogen-bond donors (Lipinski definition) is 1. The van der Waals surface area contributed by atoms with Crippen molar-refractivity contribution in [3.05, 3.63) is 94.8 Å². The van der Waals surface area contributed by atoms with Gasteiger partial charge in [-0.1, -0.05) is 48.5 Å². The first-order valence-electron chi connectivity index (χ1n) is 10.1. The Balaban J connectivity index is 1.45. The number of carbonyl (C=O) groups is 1. The number of aryl methyl sites for hydroxylation is 1. The fourth-order valence-electron chi connectivity index (χ4n) is 3.48. The summed E-state index contributed by atoms with van der Waals surface area (Å²) >= 11 is 0. The zero-order valence-corrected chi connectivity index (χ0v) is 17.4. The average molecular weight is 413 g/mol. The van der Waals surface area contributed by atoms with Gasteiger partial charge in [0.15, 0.2) is 6.61 Å². The third-order valence-corrected chi connectivity index (χ3v) is 5.13. The molecule has 6 nitrogen and oxygen atoms in total. The molecule has 0 radical (unpaired) electrons. The van der Waals surface area contributed by atoms with E-state index in [-0.39, 0.29) is 24.1 Å². The molecule has 0 bridgehead atoms. The van der Waals surface area contributed by atoms with Crippen LogP contribution in [0.25, 0.3) is 22.0 Å². The van der Waals surface area contributed by atoms with E-state index in [0.717, 1.165) is 22.2 Å². The van der Waals surface area contributed by atoms with Crippen molar-refractivity contribution in [1.29, 1.82) is 0 Å². The van der Waals surface area contributed by atoms with Gasteiger partial charge in [0, 0.05) is 18.0 Å². The lowest BCUT2D eigenvalue weighted by atomic mass is 10.1. The number of fused-ring (bicyclic) bond motifs is 1. The van der Waals surface area contributed by atoms with Crippen molar-refractivity contribution in [2.24, 2.45) is 7.05 Å². The van der Waals surface area contributed by atoms with Crippen LogP contribution in [0.4, 0.5) is 0 Å². The smallest absolute Gasteiger partial charge is 0.274 e. The molecular weight excluding hydrogens is 390 g/mol. The molecule has 0 aliphatic rings. The molecule has 0 unspecified atom stereocenters. The van der Waals surface area contributed by atoms with Crippen molar-refractivity contribution < 1.29 is 9.53 Å². The highest BCUT2D eigenvalue weighted by atomic mass is 16.5. The number of nitrogens with one attached hydrogen (secondary N) is 1. The molecule has 1 atom stereocenters. The average Bonchev–Trinajstić information content (AvgIpc) is 2.81. The Morgan fingerprint density at radius 1 is 0.968 bits per heavy atom. The van der Waals surface area contributed by atoms with Gasteiger partial charge in [-0.25, -0.2) is 4.68 Å². The van der Waals surface area contributed by atoms with Gasteiger partial charge in [0.05, 0.1) is 17.1 Å². The van der Waals surface area contributed by atoms with Gasteiger partial charge in [-0.15, -0.1) is 0 Å². The molecule has 1 aromatic heterocycles. The fourth-order valence-corrected chi connectivity index (χ4v) is 3.48. The molecule has 0 saturated carbocycles. The summed E-state index contributed by atoms with van der Waals surface area (Å²) in [7, 11) is 1.64. The summed E-state index contributed by atoms with van der Waals surface area (Å²) in [5.74, 6) is 0.395. The maximum Gasteiger partial charge on any atom is 0.274 e. The van der Waals surface area contributed by atoms with Crippen LogP contribution in [0, 0.1) is 0 Å². The predicted molar refractivity (Wildman–Crippen MR) is 121 cm³/mol. The Bertz CT molecular complexity index is 1260. The molecule has 6 heteroatoms. The summed E-state index contributed by atoms with van der Waals surface area (Å²) in [6.45, 7) is 1.87. The Kier molecular flexibility index (Phi) is 5.80. The second kappa shape index (κ2) is 8.83. The molecule has 4 rings (SSSR count). The number of benzene rings is 3. The van der Waals surface area contributed by atoms with E-state index in [1.165, 1.54) is 4.68 Å². The number of aromatic nitrogens is 2. The summed E-state index contributed by atoms with van der Waals surface area (Å²) in [5.41, 5.74) is 2.49. The van der Waals surface area contributed by atoms with Gasteiger partial charge in [0.1, 0.15) is 5.75 Å². The molecule has 0 saturated heterocycles. The molecule has 0 aliphatic heterocycles. The minimum Gasteiger partial charge on any atom is -0.484 e. The first-order chi connectivity index (χ1) is 15.0. The topological polar surface area (TPSA) is 73.2 Å². The van der Waals surface area contributed by atoms with E-state index in [0.29, 0.717) is 11.1 Å². The molecule has 4 aromatic rings. The van der Waals surface area contributed by atoms with Crippen molar-refractivity contribution in [2.75, 3.05) is 6.61 Å². The Morgan fingerprint density at radius 2 is 1.61 bits per heavy atom. The van der Waals surface area contributed by atoms with E-state index >= 15 is 0 Å². The second-order valence-electron chi connectivity index (χ2n) is 7.34. The molecule has 0 fully saturated rings. The summed E-state index contributed by atoms with van der Waals surface area (Å²) in [6, 6.07) is 24.4. The molecule has 1 amide bonds. The highest BCUT2D eigenvalue weighted by Gasteiger charge is 2.12. The molecule has 3 aromatic carbocycles. The van der Waals surface area contributed by atoms with E-state index in [1.807, 2.05) is 67.6 Å². The van der Waals surface area contributed by atoms with Crippen LogP contribution in [0.5, 0.6) is 5.75 Å². The first-order valence-corrected chi connectivity index (χ1v) is 10.1. The third-order valence-electron chi connectivity index (χ3n) is 5.13. The second-order valence-corrected chi connectivity index (χ2v) is 7.34. The number of ether oxygens (including phenoxy) is 1. The van der Waals surface area contributed by atoms with Crippen molar-refractivity contribution >= 4 is 16.7 Å². The summed E-state index contributed by atoms with van der Waals surface area (Å²) in [6.07, 6.45) is 0. The van der Waals surface area contributed by atoms with Gasteiger partial charge in [-0.3, -0.25) is 9.59 Å². The standard InChI is InChI=1S/C25H23N3O3/c1-17(18-8-4-3-5-9-18)26-23(29)16-31-20-14-12-19(13-15-20)24-21-10-6-7-11-22(21)25(30)28(2)27-24/h3-15,17H,16H2,1-2H3,(H,26,29)/t17-/m0/s1. The lowest BCUT2D eigenvalue weighted by Crippen LogP contribution is -2.31. The lowest BCUT2D eigenvalue weighted by molar-refractivity contribution is -0.123. The molecule has 31 heavy (non-hydrogen) atoms. The Morgan fingerprint density at radius 3 is 2.32 bits per heavy atom. The maximum atomic E-state index is 12.3. The van der Waals surface area contributed by atoms with E-state index in [2.05, 4.69) is 10.4 Å². The van der Waals surface area contributed by atoms with Crippen molar-refractivity contribution in [2.45, 2.75) is 13.0 Å². The largest absolute Gasteiger partial charge is 0.484 e. The molecule has 1 heterocycles. The van der Waals surface area contributed by atoms with E-state index in [4.69, 9.17) is 4.74 Å². The number of carbonyl (C=O) groups excluding carboxylic acids is 1. The summed E-state index contributed by atoms with van der Waals surface area (Å²) in [4.78, 5) is 24.6. The van der Waals surface area contributed by atoms with Gasteiger partial charge in [-0.2, -0.15) is 5.10 Å². The van der Waals surface area contributed by atoms with Crippen LogP contribution in [0.15, 0.2) is 83.7 Å². The zero-order chi connectivity index (χ0) is 21.8. The quantitative estimate of drug-likeness (QED) is 0.521. The van der Waals surface area contributed by atoms with Crippen LogP contribution in [0.3, 0.4) is 0 Å². The normalized spacial score (nSPS) is 11.8. The zero-order valence-electron chi connectivity index (χ0n) is 17.4. The monoisotopic (exact) mass is 413 g/mol. The fraction of sp³-hybridized carbons (Fsp3) is 0.160. The van der Waals surface area contributed by atoms with Crippen LogP contribution in [-0.4, -0.2) is 22.3 Å². The summed E-state index contributed by atoms with van der Waals surface area (Å²) in [5, 5.41) is 8.79. The predicted octanol–water partition coefficient (Wildman–Crippen LogP) is 3.86. The van der Waals surface area contributed by atoms with E-state index in [9.17, 15) is 9.59 Å².